The highest BCUT2D eigenvalue weighted by Gasteiger charge is 1.96. The van der Waals surface area contributed by atoms with E-state index in [4.69, 9.17) is 0 Å². The second-order valence-electron chi connectivity index (χ2n) is 2.79. The zero-order valence-corrected chi connectivity index (χ0v) is 7.14. The van der Waals surface area contributed by atoms with Crippen LogP contribution in [0.25, 0.3) is 11.3 Å². The third kappa shape index (κ3) is 1.72. The van der Waals surface area contributed by atoms with Gasteiger partial charge in [0.15, 0.2) is 0 Å². The van der Waals surface area contributed by atoms with E-state index in [1.807, 2.05) is 24.3 Å². The molecule has 1 radical (unpaired) electrons. The van der Waals surface area contributed by atoms with Crippen molar-refractivity contribution in [2.45, 2.75) is 0 Å². The van der Waals surface area contributed by atoms with Crippen LogP contribution in [0, 0.1) is 6.92 Å². The summed E-state index contributed by atoms with van der Waals surface area (Å²) < 4.78 is 0. The summed E-state index contributed by atoms with van der Waals surface area (Å²) in [6.07, 6.45) is 5.10. The summed E-state index contributed by atoms with van der Waals surface area (Å²) in [5, 5.41) is 0. The average molecular weight is 169 g/mol. The van der Waals surface area contributed by atoms with E-state index in [0.29, 0.717) is 0 Å². The molecule has 0 bridgehead atoms. The van der Waals surface area contributed by atoms with E-state index in [1.54, 1.807) is 18.6 Å². The molecule has 0 atom stereocenters. The van der Waals surface area contributed by atoms with Crippen LogP contribution in [-0.4, -0.2) is 9.97 Å². The molecule has 2 rings (SSSR count). The summed E-state index contributed by atoms with van der Waals surface area (Å²) >= 11 is 0. The third-order valence-electron chi connectivity index (χ3n) is 1.81. The Morgan fingerprint density at radius 3 is 2.38 bits per heavy atom. The van der Waals surface area contributed by atoms with Crippen LogP contribution in [0.15, 0.2) is 42.9 Å². The van der Waals surface area contributed by atoms with Crippen LogP contribution in [-0.2, 0) is 0 Å². The first kappa shape index (κ1) is 7.92. The van der Waals surface area contributed by atoms with E-state index in [2.05, 4.69) is 16.9 Å². The smallest absolute Gasteiger partial charge is 0.0885 e. The summed E-state index contributed by atoms with van der Waals surface area (Å²) in [7, 11) is 0. The van der Waals surface area contributed by atoms with Crippen molar-refractivity contribution in [2.24, 2.45) is 0 Å². The zero-order valence-electron chi connectivity index (χ0n) is 7.14. The fourth-order valence-electron chi connectivity index (χ4n) is 1.12. The van der Waals surface area contributed by atoms with Crippen molar-refractivity contribution in [1.82, 2.24) is 9.97 Å². The molecule has 2 aromatic rings. The lowest BCUT2D eigenvalue weighted by Crippen LogP contribution is -1.83. The molecule has 0 unspecified atom stereocenters. The standard InChI is InChI=1S/C11H9N2/c1-9-2-4-10(5-3-9)11-8-12-6-7-13-11/h2-8H,1H2. The molecule has 1 aromatic heterocycles. The zero-order chi connectivity index (χ0) is 9.10. The first-order valence-electron chi connectivity index (χ1n) is 4.05. The highest BCUT2D eigenvalue weighted by Crippen LogP contribution is 2.15. The molecule has 1 aromatic carbocycles. The van der Waals surface area contributed by atoms with E-state index in [9.17, 15) is 0 Å². The normalized spacial score (nSPS) is 9.92. The van der Waals surface area contributed by atoms with Crippen LogP contribution >= 0.6 is 0 Å². The summed E-state index contributed by atoms with van der Waals surface area (Å²) in [5.41, 5.74) is 2.97. The Morgan fingerprint density at radius 2 is 1.77 bits per heavy atom. The molecular formula is C11H9N2. The van der Waals surface area contributed by atoms with E-state index in [1.165, 1.54) is 0 Å². The van der Waals surface area contributed by atoms with Gasteiger partial charge in [0.1, 0.15) is 0 Å². The van der Waals surface area contributed by atoms with Crippen molar-refractivity contribution in [3.8, 4) is 11.3 Å². The van der Waals surface area contributed by atoms with Crippen molar-refractivity contribution in [3.05, 3.63) is 55.3 Å². The second-order valence-corrected chi connectivity index (χ2v) is 2.79. The van der Waals surface area contributed by atoms with Gasteiger partial charge in [0, 0.05) is 18.0 Å². The van der Waals surface area contributed by atoms with Crippen molar-refractivity contribution >= 4 is 0 Å². The summed E-state index contributed by atoms with van der Waals surface area (Å²) in [4.78, 5) is 8.20. The van der Waals surface area contributed by atoms with Gasteiger partial charge in [-0.1, -0.05) is 24.3 Å². The Bertz CT molecular complexity index is 379. The molecule has 0 aliphatic heterocycles. The average Bonchev–Trinajstić information content (AvgIpc) is 2.20. The van der Waals surface area contributed by atoms with Gasteiger partial charge in [0.05, 0.1) is 11.9 Å². The summed E-state index contributed by atoms with van der Waals surface area (Å²) in [5.74, 6) is 0. The Labute approximate surface area is 77.3 Å². The van der Waals surface area contributed by atoms with Crippen molar-refractivity contribution in [2.75, 3.05) is 0 Å². The minimum atomic E-state index is 0.891. The maximum atomic E-state index is 4.20. The van der Waals surface area contributed by atoms with Crippen LogP contribution < -0.4 is 0 Å². The quantitative estimate of drug-likeness (QED) is 0.654. The molecule has 2 nitrogen and oxygen atoms in total. The van der Waals surface area contributed by atoms with E-state index < -0.39 is 0 Å². The Morgan fingerprint density at radius 1 is 1.00 bits per heavy atom. The van der Waals surface area contributed by atoms with Crippen molar-refractivity contribution < 1.29 is 0 Å². The Hall–Kier alpha value is -1.70. The molecule has 0 amide bonds. The SMILES string of the molecule is [CH2]c1ccc(-c2cnccn2)cc1. The van der Waals surface area contributed by atoms with E-state index in [-0.39, 0.29) is 0 Å². The lowest BCUT2D eigenvalue weighted by atomic mass is 10.1. The lowest BCUT2D eigenvalue weighted by Gasteiger charge is -1.99. The molecular weight excluding hydrogens is 160 g/mol. The molecule has 0 spiro atoms. The predicted octanol–water partition coefficient (Wildman–Crippen LogP) is 2.33. The highest BCUT2D eigenvalue weighted by molar-refractivity contribution is 5.58. The first-order valence-corrected chi connectivity index (χ1v) is 4.05. The van der Waals surface area contributed by atoms with Gasteiger partial charge in [0.25, 0.3) is 0 Å². The van der Waals surface area contributed by atoms with Gasteiger partial charge in [-0.3, -0.25) is 9.97 Å². The maximum absolute atomic E-state index is 4.20. The van der Waals surface area contributed by atoms with Crippen LogP contribution in [0.3, 0.4) is 0 Å². The molecule has 0 saturated carbocycles. The monoisotopic (exact) mass is 169 g/mol. The lowest BCUT2D eigenvalue weighted by molar-refractivity contribution is 1.21. The number of aromatic nitrogens is 2. The summed E-state index contributed by atoms with van der Waals surface area (Å²) in [6.45, 7) is 3.82. The van der Waals surface area contributed by atoms with Gasteiger partial charge < -0.3 is 0 Å². The molecule has 1 heterocycles. The van der Waals surface area contributed by atoms with Gasteiger partial charge in [-0.2, -0.15) is 0 Å². The number of benzene rings is 1. The highest BCUT2D eigenvalue weighted by atomic mass is 14.8. The fourth-order valence-corrected chi connectivity index (χ4v) is 1.12. The van der Waals surface area contributed by atoms with Crippen LogP contribution in [0.5, 0.6) is 0 Å². The van der Waals surface area contributed by atoms with Gasteiger partial charge in [-0.05, 0) is 12.5 Å². The van der Waals surface area contributed by atoms with E-state index >= 15 is 0 Å². The number of rotatable bonds is 1. The fraction of sp³-hybridized carbons (Fsp3) is 0. The number of hydrogen-bond donors (Lipinski definition) is 0. The number of nitrogens with zero attached hydrogens (tertiary/aromatic N) is 2. The Kier molecular flexibility index (Phi) is 2.04. The first-order chi connectivity index (χ1) is 6.36. The van der Waals surface area contributed by atoms with Gasteiger partial charge in [-0.15, -0.1) is 0 Å². The second kappa shape index (κ2) is 3.35. The maximum Gasteiger partial charge on any atom is 0.0885 e. The molecule has 0 fully saturated rings. The molecule has 13 heavy (non-hydrogen) atoms. The van der Waals surface area contributed by atoms with Crippen molar-refractivity contribution in [3.63, 3.8) is 0 Å². The minimum absolute atomic E-state index is 0.891. The van der Waals surface area contributed by atoms with Crippen molar-refractivity contribution in [1.29, 1.82) is 0 Å². The van der Waals surface area contributed by atoms with E-state index in [0.717, 1.165) is 16.8 Å². The predicted molar refractivity (Wildman–Crippen MR) is 51.9 cm³/mol. The van der Waals surface area contributed by atoms with Gasteiger partial charge >= 0.3 is 0 Å². The van der Waals surface area contributed by atoms with Crippen LogP contribution in [0.1, 0.15) is 5.56 Å². The molecule has 63 valence electrons. The molecule has 0 saturated heterocycles. The Balaban J connectivity index is 2.42. The number of hydrogen-bond acceptors (Lipinski definition) is 2. The van der Waals surface area contributed by atoms with Gasteiger partial charge in [0.2, 0.25) is 0 Å². The van der Waals surface area contributed by atoms with Crippen LogP contribution in [0.2, 0.25) is 0 Å². The largest absolute Gasteiger partial charge is 0.261 e. The van der Waals surface area contributed by atoms with Crippen LogP contribution in [0.4, 0.5) is 0 Å². The molecule has 0 aliphatic rings. The molecule has 0 N–H and O–H groups in total. The topological polar surface area (TPSA) is 25.8 Å². The third-order valence-corrected chi connectivity index (χ3v) is 1.81. The molecule has 2 heteroatoms. The minimum Gasteiger partial charge on any atom is -0.261 e. The van der Waals surface area contributed by atoms with Gasteiger partial charge in [-0.25, -0.2) is 0 Å². The molecule has 0 aliphatic carbocycles. The summed E-state index contributed by atoms with van der Waals surface area (Å²) in [6, 6.07) is 7.91.